The van der Waals surface area contributed by atoms with Crippen LogP contribution in [-0.4, -0.2) is 48.1 Å². The average molecular weight is 299 g/mol. The molecule has 0 spiro atoms. The fourth-order valence-electron chi connectivity index (χ4n) is 2.25. The van der Waals surface area contributed by atoms with Crippen molar-refractivity contribution >= 4 is 16.0 Å². The number of benzene rings is 1. The molecule has 7 heteroatoms. The molecule has 0 amide bonds. The number of hydrogen-bond acceptors (Lipinski definition) is 4. The minimum atomic E-state index is -3.90. The second kappa shape index (κ2) is 5.51. The molecular weight excluding hydrogens is 282 g/mol. The Bertz CT molecular complexity index is 613. The van der Waals surface area contributed by atoms with Gasteiger partial charge in [0.25, 0.3) is 0 Å². The highest BCUT2D eigenvalue weighted by Crippen LogP contribution is 2.25. The summed E-state index contributed by atoms with van der Waals surface area (Å²) in [7, 11) is -3.90. The summed E-state index contributed by atoms with van der Waals surface area (Å²) in [5.74, 6) is -1.24. The van der Waals surface area contributed by atoms with Crippen LogP contribution in [0.1, 0.15) is 23.7 Å². The molecule has 1 saturated heterocycles. The smallest absolute Gasteiger partial charge is 0.337 e. The van der Waals surface area contributed by atoms with Crippen LogP contribution in [0.15, 0.2) is 29.2 Å². The Morgan fingerprint density at radius 1 is 1.35 bits per heavy atom. The van der Waals surface area contributed by atoms with E-state index in [2.05, 4.69) is 0 Å². The first-order valence-corrected chi connectivity index (χ1v) is 7.78. The second-order valence-corrected chi connectivity index (χ2v) is 6.90. The van der Waals surface area contributed by atoms with Crippen molar-refractivity contribution in [2.24, 2.45) is 5.92 Å². The summed E-state index contributed by atoms with van der Waals surface area (Å²) in [6.07, 6.45) is -0.175. The van der Waals surface area contributed by atoms with Gasteiger partial charge < -0.3 is 10.2 Å². The summed E-state index contributed by atoms with van der Waals surface area (Å²) in [6.45, 7) is 2.14. The maximum Gasteiger partial charge on any atom is 0.337 e. The van der Waals surface area contributed by atoms with E-state index in [9.17, 15) is 18.3 Å². The zero-order valence-corrected chi connectivity index (χ0v) is 11.9. The molecule has 1 heterocycles. The highest BCUT2D eigenvalue weighted by Gasteiger charge is 2.34. The van der Waals surface area contributed by atoms with Crippen molar-refractivity contribution in [1.29, 1.82) is 0 Å². The van der Waals surface area contributed by atoms with Gasteiger partial charge in [0, 0.05) is 13.1 Å². The maximum atomic E-state index is 12.5. The van der Waals surface area contributed by atoms with Crippen molar-refractivity contribution in [3.05, 3.63) is 29.8 Å². The minimum absolute atomic E-state index is 0.00253. The number of nitrogens with zero attached hydrogens (tertiary/aromatic N) is 1. The zero-order chi connectivity index (χ0) is 14.9. The standard InChI is InChI=1S/C13H17NO5S/c1-9-6-7-14(8-11(9)15)20(18,19)12-5-3-2-4-10(12)13(16)17/h2-5,9,11,15H,6-8H2,1H3,(H,16,17). The predicted molar refractivity (Wildman–Crippen MR) is 71.9 cm³/mol. The third-order valence-corrected chi connectivity index (χ3v) is 5.54. The van der Waals surface area contributed by atoms with Gasteiger partial charge in [0.15, 0.2) is 0 Å². The Hall–Kier alpha value is -1.44. The molecule has 2 rings (SSSR count). The van der Waals surface area contributed by atoms with E-state index in [0.29, 0.717) is 6.42 Å². The fraction of sp³-hybridized carbons (Fsp3) is 0.462. The van der Waals surface area contributed by atoms with E-state index in [4.69, 9.17) is 5.11 Å². The lowest BCUT2D eigenvalue weighted by atomic mass is 9.98. The van der Waals surface area contributed by atoms with E-state index in [0.717, 1.165) is 4.31 Å². The van der Waals surface area contributed by atoms with Crippen LogP contribution in [-0.2, 0) is 10.0 Å². The molecule has 1 aromatic rings. The lowest BCUT2D eigenvalue weighted by Crippen LogP contribution is -2.46. The van der Waals surface area contributed by atoms with Crippen LogP contribution in [0, 0.1) is 5.92 Å². The van der Waals surface area contributed by atoms with Gasteiger partial charge in [0.05, 0.1) is 16.6 Å². The van der Waals surface area contributed by atoms with Crippen molar-refractivity contribution in [3.8, 4) is 0 Å². The van der Waals surface area contributed by atoms with Crippen LogP contribution in [0.2, 0.25) is 0 Å². The van der Waals surface area contributed by atoms with E-state index in [1.165, 1.54) is 24.3 Å². The Balaban J connectivity index is 2.39. The van der Waals surface area contributed by atoms with E-state index < -0.39 is 22.1 Å². The topological polar surface area (TPSA) is 94.9 Å². The summed E-state index contributed by atoms with van der Waals surface area (Å²) >= 11 is 0. The second-order valence-electron chi connectivity index (χ2n) is 5.00. The highest BCUT2D eigenvalue weighted by molar-refractivity contribution is 7.89. The Kier molecular flexibility index (Phi) is 4.12. The first kappa shape index (κ1) is 15.0. The van der Waals surface area contributed by atoms with Crippen molar-refractivity contribution < 1.29 is 23.4 Å². The molecule has 0 bridgehead atoms. The zero-order valence-electron chi connectivity index (χ0n) is 11.1. The number of aliphatic hydroxyl groups excluding tert-OH is 1. The molecule has 110 valence electrons. The third kappa shape index (κ3) is 2.70. The number of carboxylic acids is 1. The van der Waals surface area contributed by atoms with Crippen molar-refractivity contribution in [2.75, 3.05) is 13.1 Å². The van der Waals surface area contributed by atoms with Crippen LogP contribution in [0.25, 0.3) is 0 Å². The van der Waals surface area contributed by atoms with Gasteiger partial charge in [-0.15, -0.1) is 0 Å². The molecule has 0 radical (unpaired) electrons. The molecule has 1 aromatic carbocycles. The predicted octanol–water partition coefficient (Wildman–Crippen LogP) is 0.776. The lowest BCUT2D eigenvalue weighted by Gasteiger charge is -2.33. The van der Waals surface area contributed by atoms with Gasteiger partial charge in [0.1, 0.15) is 0 Å². The number of sulfonamides is 1. The quantitative estimate of drug-likeness (QED) is 0.860. The number of rotatable bonds is 3. The lowest BCUT2D eigenvalue weighted by molar-refractivity contribution is 0.0604. The maximum absolute atomic E-state index is 12.5. The van der Waals surface area contributed by atoms with Gasteiger partial charge in [-0.1, -0.05) is 19.1 Å². The van der Waals surface area contributed by atoms with Crippen molar-refractivity contribution in [1.82, 2.24) is 4.31 Å². The molecule has 1 aliphatic heterocycles. The monoisotopic (exact) mass is 299 g/mol. The number of aliphatic hydroxyl groups is 1. The van der Waals surface area contributed by atoms with Gasteiger partial charge in [-0.3, -0.25) is 0 Å². The molecule has 2 unspecified atom stereocenters. The fourth-order valence-corrected chi connectivity index (χ4v) is 3.90. The summed E-state index contributed by atoms with van der Waals surface area (Å²) in [4.78, 5) is 10.9. The number of β-amino-alcohol motifs (C(OH)–C–C–N with tert-alkyl or cyclic N) is 1. The largest absolute Gasteiger partial charge is 0.478 e. The summed E-state index contributed by atoms with van der Waals surface area (Å²) in [5.41, 5.74) is -0.249. The SMILES string of the molecule is CC1CCN(S(=O)(=O)c2ccccc2C(=O)O)CC1O. The van der Waals surface area contributed by atoms with Crippen LogP contribution in [0.3, 0.4) is 0 Å². The Morgan fingerprint density at radius 2 is 2.00 bits per heavy atom. The summed E-state index contributed by atoms with van der Waals surface area (Å²) in [5, 5.41) is 18.9. The van der Waals surface area contributed by atoms with Gasteiger partial charge in [-0.25, -0.2) is 13.2 Å². The molecular formula is C13H17NO5S. The van der Waals surface area contributed by atoms with Crippen LogP contribution in [0.4, 0.5) is 0 Å². The van der Waals surface area contributed by atoms with Crippen LogP contribution in [0.5, 0.6) is 0 Å². The van der Waals surface area contributed by atoms with E-state index >= 15 is 0 Å². The molecule has 0 saturated carbocycles. The summed E-state index contributed by atoms with van der Waals surface area (Å²) in [6, 6.07) is 5.51. The third-order valence-electron chi connectivity index (χ3n) is 3.62. The molecule has 0 aromatic heterocycles. The van der Waals surface area contributed by atoms with E-state index in [1.54, 1.807) is 0 Å². The van der Waals surface area contributed by atoms with E-state index in [-0.39, 0.29) is 29.5 Å². The normalized spacial score (nSPS) is 24.5. The van der Waals surface area contributed by atoms with Gasteiger partial charge in [0.2, 0.25) is 10.0 Å². The van der Waals surface area contributed by atoms with Gasteiger partial charge in [-0.2, -0.15) is 4.31 Å². The molecule has 20 heavy (non-hydrogen) atoms. The minimum Gasteiger partial charge on any atom is -0.478 e. The number of carboxylic acid groups (broad SMARTS) is 1. The Morgan fingerprint density at radius 3 is 2.60 bits per heavy atom. The van der Waals surface area contributed by atoms with E-state index in [1.807, 2.05) is 6.92 Å². The molecule has 2 atom stereocenters. The molecule has 6 nitrogen and oxygen atoms in total. The highest BCUT2D eigenvalue weighted by atomic mass is 32.2. The number of aromatic carboxylic acids is 1. The summed E-state index contributed by atoms with van der Waals surface area (Å²) < 4.78 is 26.2. The molecule has 1 aliphatic rings. The average Bonchev–Trinajstić information content (AvgIpc) is 2.41. The molecule has 0 aliphatic carbocycles. The van der Waals surface area contributed by atoms with Gasteiger partial charge >= 0.3 is 5.97 Å². The first-order valence-electron chi connectivity index (χ1n) is 6.34. The number of piperidine rings is 1. The first-order chi connectivity index (χ1) is 9.34. The van der Waals surface area contributed by atoms with Crippen molar-refractivity contribution in [3.63, 3.8) is 0 Å². The van der Waals surface area contributed by atoms with Crippen LogP contribution >= 0.6 is 0 Å². The van der Waals surface area contributed by atoms with Crippen LogP contribution < -0.4 is 0 Å². The molecule has 2 N–H and O–H groups in total. The number of hydrogen-bond donors (Lipinski definition) is 2. The number of carbonyl (C=O) groups is 1. The van der Waals surface area contributed by atoms with Crippen molar-refractivity contribution in [2.45, 2.75) is 24.3 Å². The molecule has 1 fully saturated rings. The van der Waals surface area contributed by atoms with Gasteiger partial charge in [-0.05, 0) is 24.5 Å². The Labute approximate surface area is 117 Å².